The average Bonchev–Trinajstić information content (AvgIpc) is 3.45. The van der Waals surface area contributed by atoms with E-state index in [-0.39, 0.29) is 10.6 Å². The van der Waals surface area contributed by atoms with Crippen LogP contribution in [0.15, 0.2) is 72.8 Å². The highest BCUT2D eigenvalue weighted by atomic mass is 28.3. The Morgan fingerprint density at radius 2 is 1.48 bits per heavy atom. The summed E-state index contributed by atoms with van der Waals surface area (Å²) >= 11 is 0. The van der Waals surface area contributed by atoms with Gasteiger partial charge in [0.25, 0.3) is 0 Å². The Labute approximate surface area is 166 Å². The summed E-state index contributed by atoms with van der Waals surface area (Å²) in [6.07, 6.45) is 3.29. The van der Waals surface area contributed by atoms with E-state index in [9.17, 15) is 0 Å². The molecule has 1 saturated heterocycles. The fraction of sp³-hybridized carbons (Fsp3) is 0.440. The molecule has 0 bridgehead atoms. The van der Waals surface area contributed by atoms with Gasteiger partial charge in [0.1, 0.15) is 8.07 Å². The third kappa shape index (κ3) is 4.12. The summed E-state index contributed by atoms with van der Waals surface area (Å²) in [6, 6.07) is 23.5. The van der Waals surface area contributed by atoms with Gasteiger partial charge < -0.3 is 4.74 Å². The molecule has 1 unspecified atom stereocenters. The second kappa shape index (κ2) is 7.77. The van der Waals surface area contributed by atoms with Crippen LogP contribution in [0.5, 0.6) is 0 Å². The monoisotopic (exact) mass is 378 g/mol. The SMILES string of the molecule is C=C(CCC1(CC)CO1)C[Si](c1ccccc1)(c1ccccc1)C(C)(C)C. The predicted octanol–water partition coefficient (Wildman–Crippen LogP) is 5.57. The average molecular weight is 379 g/mol. The lowest BCUT2D eigenvalue weighted by Gasteiger charge is -2.45. The minimum atomic E-state index is -2.04. The summed E-state index contributed by atoms with van der Waals surface area (Å²) in [4.78, 5) is 0. The van der Waals surface area contributed by atoms with Crippen LogP contribution in [-0.2, 0) is 4.74 Å². The summed E-state index contributed by atoms with van der Waals surface area (Å²) in [7, 11) is -2.04. The van der Waals surface area contributed by atoms with Crippen LogP contribution in [0.4, 0.5) is 0 Å². The first-order valence-electron chi connectivity index (χ1n) is 10.2. The molecule has 1 heterocycles. The van der Waals surface area contributed by atoms with Crippen LogP contribution in [-0.4, -0.2) is 20.3 Å². The summed E-state index contributed by atoms with van der Waals surface area (Å²) < 4.78 is 5.73. The maximum absolute atomic E-state index is 5.73. The third-order valence-electron chi connectivity index (χ3n) is 6.46. The maximum atomic E-state index is 5.73. The minimum Gasteiger partial charge on any atom is -0.370 e. The molecule has 1 atom stereocenters. The van der Waals surface area contributed by atoms with E-state index in [2.05, 4.69) is 94.9 Å². The first kappa shape index (κ1) is 20.1. The second-order valence-corrected chi connectivity index (χ2v) is 14.0. The molecule has 144 valence electrons. The van der Waals surface area contributed by atoms with Crippen molar-refractivity contribution in [2.75, 3.05) is 6.61 Å². The Kier molecular flexibility index (Phi) is 5.78. The molecule has 0 aliphatic carbocycles. The second-order valence-electron chi connectivity index (χ2n) is 9.14. The molecule has 0 saturated carbocycles. The Bertz CT molecular complexity index is 714. The first-order valence-corrected chi connectivity index (χ1v) is 12.5. The van der Waals surface area contributed by atoms with Gasteiger partial charge in [-0.3, -0.25) is 0 Å². The van der Waals surface area contributed by atoms with E-state index < -0.39 is 8.07 Å². The van der Waals surface area contributed by atoms with Crippen molar-refractivity contribution in [3.8, 4) is 0 Å². The van der Waals surface area contributed by atoms with E-state index in [1.54, 1.807) is 0 Å². The van der Waals surface area contributed by atoms with Gasteiger partial charge in [0.05, 0.1) is 12.2 Å². The summed E-state index contributed by atoms with van der Waals surface area (Å²) in [6.45, 7) is 15.0. The van der Waals surface area contributed by atoms with Crippen molar-refractivity contribution in [3.05, 3.63) is 72.8 Å². The molecule has 1 fully saturated rings. The highest BCUT2D eigenvalue weighted by molar-refractivity contribution is 7.04. The molecule has 0 amide bonds. The number of hydrogen-bond acceptors (Lipinski definition) is 1. The van der Waals surface area contributed by atoms with Crippen molar-refractivity contribution in [2.45, 2.75) is 63.6 Å². The molecular formula is C25H34OSi. The van der Waals surface area contributed by atoms with Gasteiger partial charge in [0.2, 0.25) is 0 Å². The van der Waals surface area contributed by atoms with Crippen LogP contribution in [0.3, 0.4) is 0 Å². The van der Waals surface area contributed by atoms with Crippen molar-refractivity contribution in [1.29, 1.82) is 0 Å². The zero-order valence-corrected chi connectivity index (χ0v) is 18.4. The first-order chi connectivity index (χ1) is 12.8. The zero-order chi connectivity index (χ0) is 19.5. The molecule has 2 aromatic rings. The molecule has 2 heteroatoms. The summed E-state index contributed by atoms with van der Waals surface area (Å²) in [5.41, 5.74) is 1.53. The Morgan fingerprint density at radius 1 is 1.00 bits per heavy atom. The van der Waals surface area contributed by atoms with Gasteiger partial charge in [0.15, 0.2) is 0 Å². The number of epoxide rings is 1. The molecule has 1 nitrogen and oxygen atoms in total. The lowest BCUT2D eigenvalue weighted by Crippen LogP contribution is -2.64. The van der Waals surface area contributed by atoms with Crippen molar-refractivity contribution in [1.82, 2.24) is 0 Å². The van der Waals surface area contributed by atoms with Crippen molar-refractivity contribution in [2.24, 2.45) is 0 Å². The molecule has 0 radical (unpaired) electrons. The molecule has 3 rings (SSSR count). The van der Waals surface area contributed by atoms with Crippen molar-refractivity contribution in [3.63, 3.8) is 0 Å². The molecule has 1 aliphatic heterocycles. The van der Waals surface area contributed by atoms with Gasteiger partial charge in [-0.1, -0.05) is 104 Å². The van der Waals surface area contributed by atoms with Crippen LogP contribution in [0, 0.1) is 0 Å². The van der Waals surface area contributed by atoms with Crippen molar-refractivity contribution < 1.29 is 4.74 Å². The van der Waals surface area contributed by atoms with Gasteiger partial charge in [-0.25, -0.2) is 0 Å². The van der Waals surface area contributed by atoms with E-state index >= 15 is 0 Å². The minimum absolute atomic E-state index is 0.147. The highest BCUT2D eigenvalue weighted by Crippen LogP contribution is 2.42. The largest absolute Gasteiger partial charge is 0.370 e. The third-order valence-corrected chi connectivity index (χ3v) is 12.7. The normalized spacial score (nSPS) is 19.7. The fourth-order valence-corrected chi connectivity index (χ4v) is 9.90. The van der Waals surface area contributed by atoms with Gasteiger partial charge in [0, 0.05) is 0 Å². The van der Waals surface area contributed by atoms with Crippen LogP contribution in [0.1, 0.15) is 47.0 Å². The fourth-order valence-electron chi connectivity index (χ4n) is 4.44. The van der Waals surface area contributed by atoms with E-state index in [1.807, 2.05) is 0 Å². The molecular weight excluding hydrogens is 344 g/mol. The predicted molar refractivity (Wildman–Crippen MR) is 120 cm³/mol. The van der Waals surface area contributed by atoms with Gasteiger partial charge >= 0.3 is 0 Å². The number of ether oxygens (including phenoxy) is 1. The zero-order valence-electron chi connectivity index (χ0n) is 17.4. The van der Waals surface area contributed by atoms with Crippen LogP contribution in [0.2, 0.25) is 11.1 Å². The van der Waals surface area contributed by atoms with Crippen molar-refractivity contribution >= 4 is 18.4 Å². The number of hydrogen-bond donors (Lipinski definition) is 0. The Morgan fingerprint density at radius 3 is 1.85 bits per heavy atom. The smallest absolute Gasteiger partial charge is 0.127 e. The van der Waals surface area contributed by atoms with E-state index in [0.29, 0.717) is 0 Å². The number of allylic oxidation sites excluding steroid dienone is 1. The van der Waals surface area contributed by atoms with E-state index in [1.165, 1.54) is 15.9 Å². The Balaban J connectivity index is 1.97. The molecule has 0 aromatic heterocycles. The molecule has 27 heavy (non-hydrogen) atoms. The summed E-state index contributed by atoms with van der Waals surface area (Å²) in [5, 5.41) is 3.22. The topological polar surface area (TPSA) is 12.5 Å². The van der Waals surface area contributed by atoms with Gasteiger partial charge in [-0.2, -0.15) is 0 Å². The standard InChI is InChI=1S/C25H34OSi/c1-6-25(20-26-25)18-17-21(2)19-27(24(3,4)5,22-13-9-7-10-14-22)23-15-11-8-12-16-23/h7-16H,2,6,17-20H2,1,3-5H3. The number of benzene rings is 2. The molecule has 0 N–H and O–H groups in total. The summed E-state index contributed by atoms with van der Waals surface area (Å²) in [5.74, 6) is 0. The molecule has 1 aliphatic rings. The van der Waals surface area contributed by atoms with E-state index in [0.717, 1.165) is 31.9 Å². The lowest BCUT2D eigenvalue weighted by molar-refractivity contribution is 0.281. The maximum Gasteiger partial charge on any atom is 0.127 e. The van der Waals surface area contributed by atoms with E-state index in [4.69, 9.17) is 4.74 Å². The molecule has 0 spiro atoms. The number of rotatable bonds is 8. The highest BCUT2D eigenvalue weighted by Gasteiger charge is 2.48. The lowest BCUT2D eigenvalue weighted by atomic mass is 9.99. The van der Waals surface area contributed by atoms with Crippen LogP contribution < -0.4 is 10.4 Å². The Hall–Kier alpha value is -1.64. The van der Waals surface area contributed by atoms with Crippen LogP contribution >= 0.6 is 0 Å². The quantitative estimate of drug-likeness (QED) is 0.332. The van der Waals surface area contributed by atoms with Gasteiger partial charge in [-0.05, 0) is 30.3 Å². The molecule has 2 aromatic carbocycles. The van der Waals surface area contributed by atoms with Gasteiger partial charge in [-0.15, -0.1) is 6.58 Å². The van der Waals surface area contributed by atoms with Crippen LogP contribution in [0.25, 0.3) is 0 Å².